The second kappa shape index (κ2) is 9.28. The molecule has 3 aromatic rings. The van der Waals surface area contributed by atoms with Crippen LogP contribution in [0.2, 0.25) is 0 Å². The summed E-state index contributed by atoms with van der Waals surface area (Å²) in [5, 5.41) is 6.60. The molecule has 3 heterocycles. The van der Waals surface area contributed by atoms with Crippen molar-refractivity contribution in [1.29, 1.82) is 0 Å². The van der Waals surface area contributed by atoms with Crippen molar-refractivity contribution in [3.63, 3.8) is 0 Å². The number of benzene rings is 1. The Morgan fingerprint density at radius 2 is 1.74 bits per heavy atom. The number of rotatable bonds is 4. The monoisotopic (exact) mass is 471 g/mol. The largest absolute Gasteiger partial charge is 0.434 e. The number of amides is 2. The lowest BCUT2D eigenvalue weighted by Crippen LogP contribution is -2.44. The van der Waals surface area contributed by atoms with Gasteiger partial charge in [0.05, 0.1) is 23.4 Å². The number of carbonyl (C=O) groups is 2. The van der Waals surface area contributed by atoms with Crippen LogP contribution in [-0.2, 0) is 11.0 Å². The van der Waals surface area contributed by atoms with Gasteiger partial charge in [0, 0.05) is 19.3 Å². The first-order chi connectivity index (χ1) is 16.1. The zero-order valence-electron chi connectivity index (χ0n) is 18.8. The number of halogens is 3. The molecule has 0 radical (unpaired) electrons. The van der Waals surface area contributed by atoms with Gasteiger partial charge in [-0.2, -0.15) is 18.3 Å². The molecule has 1 N–H and O–H groups in total. The van der Waals surface area contributed by atoms with E-state index in [0.29, 0.717) is 18.7 Å². The Balaban J connectivity index is 1.55. The maximum atomic E-state index is 14.0. The van der Waals surface area contributed by atoms with Gasteiger partial charge in [-0.25, -0.2) is 9.67 Å². The van der Waals surface area contributed by atoms with Gasteiger partial charge in [0.15, 0.2) is 5.69 Å². The summed E-state index contributed by atoms with van der Waals surface area (Å²) in [6, 6.07) is 9.88. The lowest BCUT2D eigenvalue weighted by Gasteiger charge is -2.32. The molecule has 1 atom stereocenters. The molecule has 10 heteroatoms. The third-order valence-electron chi connectivity index (χ3n) is 5.79. The molecule has 178 valence electrons. The average molecular weight is 471 g/mol. The third kappa shape index (κ3) is 4.95. The van der Waals surface area contributed by atoms with E-state index in [1.807, 2.05) is 19.9 Å². The van der Waals surface area contributed by atoms with Crippen LogP contribution in [0.5, 0.6) is 0 Å². The molecule has 0 spiro atoms. The summed E-state index contributed by atoms with van der Waals surface area (Å²) in [6.45, 7) is 3.98. The highest BCUT2D eigenvalue weighted by molar-refractivity contribution is 5.97. The van der Waals surface area contributed by atoms with Crippen LogP contribution in [0.25, 0.3) is 5.69 Å². The van der Waals surface area contributed by atoms with Crippen LogP contribution in [-0.4, -0.2) is 44.6 Å². The molecule has 1 aliphatic heterocycles. The van der Waals surface area contributed by atoms with Gasteiger partial charge in [-0.3, -0.25) is 9.59 Å². The molecular weight excluding hydrogens is 447 g/mol. The lowest BCUT2D eigenvalue weighted by molar-refractivity contribution is -0.143. The fraction of sp³-hybridized carbons (Fsp3) is 0.333. The summed E-state index contributed by atoms with van der Waals surface area (Å²) < 4.78 is 42.8. The average Bonchev–Trinajstić information content (AvgIpc) is 3.26. The first-order valence-electron chi connectivity index (χ1n) is 10.9. The number of nitrogens with zero attached hydrogens (tertiary/aromatic N) is 4. The third-order valence-corrected chi connectivity index (χ3v) is 5.79. The van der Waals surface area contributed by atoms with Crippen LogP contribution in [0.1, 0.15) is 40.0 Å². The number of piperidine rings is 1. The summed E-state index contributed by atoms with van der Waals surface area (Å²) >= 11 is 0. The SMILES string of the molecule is Cc1ccc(-n2ncc(C(=O)N3CCCC(C(=O)Nc4ccc(C)cn4)C3)c2C(F)(F)F)cc1. The molecule has 4 rings (SSSR count). The second-order valence-corrected chi connectivity index (χ2v) is 8.45. The van der Waals surface area contributed by atoms with Crippen LogP contribution in [0.3, 0.4) is 0 Å². The Hall–Kier alpha value is -3.69. The quantitative estimate of drug-likeness (QED) is 0.612. The van der Waals surface area contributed by atoms with E-state index in [0.717, 1.165) is 22.0 Å². The summed E-state index contributed by atoms with van der Waals surface area (Å²) in [7, 11) is 0. The Bertz CT molecular complexity index is 1190. The van der Waals surface area contributed by atoms with E-state index < -0.39 is 29.3 Å². The van der Waals surface area contributed by atoms with Gasteiger partial charge in [0.2, 0.25) is 5.91 Å². The number of anilines is 1. The summed E-state index contributed by atoms with van der Waals surface area (Å²) in [6.07, 6.45) is -1.20. The Kier molecular flexibility index (Phi) is 6.41. The summed E-state index contributed by atoms with van der Waals surface area (Å²) in [5.41, 5.74) is 0.378. The number of hydrogen-bond donors (Lipinski definition) is 1. The van der Waals surface area contributed by atoms with E-state index in [1.165, 1.54) is 17.0 Å². The molecule has 1 saturated heterocycles. The zero-order chi connectivity index (χ0) is 24.5. The normalized spacial score (nSPS) is 16.4. The molecule has 0 aliphatic carbocycles. The zero-order valence-corrected chi connectivity index (χ0v) is 18.8. The van der Waals surface area contributed by atoms with E-state index in [2.05, 4.69) is 15.4 Å². The number of pyridine rings is 1. The summed E-state index contributed by atoms with van der Waals surface area (Å²) in [5.74, 6) is -1.28. The number of nitrogens with one attached hydrogen (secondary N) is 1. The molecular formula is C24H24F3N5O2. The number of hydrogen-bond acceptors (Lipinski definition) is 4. The number of aromatic nitrogens is 3. The number of likely N-dealkylation sites (tertiary alicyclic amines) is 1. The van der Waals surface area contributed by atoms with Gasteiger partial charge >= 0.3 is 6.18 Å². The molecule has 1 unspecified atom stereocenters. The van der Waals surface area contributed by atoms with Crippen LogP contribution < -0.4 is 5.32 Å². The number of alkyl halides is 3. The van der Waals surface area contributed by atoms with Crippen molar-refractivity contribution in [3.8, 4) is 5.69 Å². The van der Waals surface area contributed by atoms with Crippen molar-refractivity contribution < 1.29 is 22.8 Å². The topological polar surface area (TPSA) is 80.1 Å². The van der Waals surface area contributed by atoms with Crippen LogP contribution in [0.15, 0.2) is 48.8 Å². The molecule has 0 saturated carbocycles. The fourth-order valence-electron chi connectivity index (χ4n) is 3.98. The minimum absolute atomic E-state index is 0.0174. The second-order valence-electron chi connectivity index (χ2n) is 8.45. The van der Waals surface area contributed by atoms with Crippen molar-refractivity contribution in [2.24, 2.45) is 5.92 Å². The Morgan fingerprint density at radius 1 is 1.03 bits per heavy atom. The molecule has 0 bridgehead atoms. The van der Waals surface area contributed by atoms with Gasteiger partial charge in [-0.15, -0.1) is 0 Å². The highest BCUT2D eigenvalue weighted by atomic mass is 19.4. The fourth-order valence-corrected chi connectivity index (χ4v) is 3.98. The highest BCUT2D eigenvalue weighted by Crippen LogP contribution is 2.35. The van der Waals surface area contributed by atoms with Gasteiger partial charge in [0.25, 0.3) is 5.91 Å². The molecule has 7 nitrogen and oxygen atoms in total. The van der Waals surface area contributed by atoms with Crippen molar-refractivity contribution in [1.82, 2.24) is 19.7 Å². The van der Waals surface area contributed by atoms with Gasteiger partial charge < -0.3 is 10.2 Å². The van der Waals surface area contributed by atoms with Crippen molar-refractivity contribution in [2.75, 3.05) is 18.4 Å². The Morgan fingerprint density at radius 3 is 2.38 bits per heavy atom. The van der Waals surface area contributed by atoms with Gasteiger partial charge in [-0.1, -0.05) is 23.8 Å². The molecule has 1 fully saturated rings. The molecule has 1 aromatic carbocycles. The predicted molar refractivity (Wildman–Crippen MR) is 120 cm³/mol. The van der Waals surface area contributed by atoms with E-state index in [1.54, 1.807) is 24.4 Å². The standard InChI is InChI=1S/C24H24F3N5O2/c1-15-5-8-18(9-6-15)32-21(24(25,26)27)19(13-29-32)23(34)31-11-3-4-17(14-31)22(33)30-20-10-7-16(2)12-28-20/h5-10,12-13,17H,3-4,11,14H2,1-2H3,(H,28,30,33). The first-order valence-corrected chi connectivity index (χ1v) is 10.9. The van der Waals surface area contributed by atoms with Crippen LogP contribution >= 0.6 is 0 Å². The van der Waals surface area contributed by atoms with E-state index in [-0.39, 0.29) is 24.7 Å². The Labute approximate surface area is 194 Å². The van der Waals surface area contributed by atoms with E-state index in [9.17, 15) is 22.8 Å². The summed E-state index contributed by atoms with van der Waals surface area (Å²) in [4.78, 5) is 31.3. The maximum absolute atomic E-state index is 14.0. The first kappa shape index (κ1) is 23.5. The smallest absolute Gasteiger partial charge is 0.338 e. The lowest BCUT2D eigenvalue weighted by atomic mass is 9.96. The van der Waals surface area contributed by atoms with Crippen molar-refractivity contribution in [3.05, 3.63) is 71.2 Å². The molecule has 2 aromatic heterocycles. The highest BCUT2D eigenvalue weighted by Gasteiger charge is 2.42. The van der Waals surface area contributed by atoms with E-state index in [4.69, 9.17) is 0 Å². The maximum Gasteiger partial charge on any atom is 0.434 e. The molecule has 34 heavy (non-hydrogen) atoms. The number of carbonyl (C=O) groups excluding carboxylic acids is 2. The van der Waals surface area contributed by atoms with Gasteiger partial charge in [-0.05, 0) is 50.5 Å². The van der Waals surface area contributed by atoms with E-state index >= 15 is 0 Å². The van der Waals surface area contributed by atoms with Crippen LogP contribution in [0, 0.1) is 19.8 Å². The van der Waals surface area contributed by atoms with Crippen LogP contribution in [0.4, 0.5) is 19.0 Å². The predicted octanol–water partition coefficient (Wildman–Crippen LogP) is 4.39. The molecule has 1 aliphatic rings. The van der Waals surface area contributed by atoms with Gasteiger partial charge in [0.1, 0.15) is 5.82 Å². The minimum atomic E-state index is -4.80. The molecule has 2 amide bonds. The minimum Gasteiger partial charge on any atom is -0.338 e. The van der Waals surface area contributed by atoms with Crippen molar-refractivity contribution >= 4 is 17.6 Å². The van der Waals surface area contributed by atoms with Crippen molar-refractivity contribution in [2.45, 2.75) is 32.9 Å². The number of aryl methyl sites for hydroxylation is 2.